The quantitative estimate of drug-likeness (QED) is 0.926. The van der Waals surface area contributed by atoms with E-state index in [9.17, 15) is 8.42 Å². The van der Waals surface area contributed by atoms with Gasteiger partial charge in [-0.25, -0.2) is 8.42 Å². The van der Waals surface area contributed by atoms with E-state index >= 15 is 0 Å². The second kappa shape index (κ2) is 4.14. The molecule has 0 bridgehead atoms. The van der Waals surface area contributed by atoms with Crippen molar-refractivity contribution >= 4 is 31.6 Å². The van der Waals surface area contributed by atoms with Gasteiger partial charge in [0.15, 0.2) is 0 Å². The highest BCUT2D eigenvalue weighted by atomic mass is 79.9. The first kappa shape index (κ1) is 11.0. The van der Waals surface area contributed by atoms with Crippen LogP contribution in [0.2, 0.25) is 0 Å². The van der Waals surface area contributed by atoms with Crippen molar-refractivity contribution in [1.82, 2.24) is 0 Å². The maximum absolute atomic E-state index is 11.6. The summed E-state index contributed by atoms with van der Waals surface area (Å²) in [5.41, 5.74) is 0.616. The molecule has 1 saturated carbocycles. The molecule has 0 aromatic heterocycles. The van der Waals surface area contributed by atoms with Crippen LogP contribution in [0.1, 0.15) is 12.8 Å². The molecule has 0 aliphatic heterocycles. The molecule has 1 aliphatic rings. The molecule has 0 atom stereocenters. The van der Waals surface area contributed by atoms with E-state index in [0.29, 0.717) is 11.6 Å². The molecule has 0 saturated heterocycles. The van der Waals surface area contributed by atoms with Gasteiger partial charge in [-0.05, 0) is 37.0 Å². The molecule has 0 radical (unpaired) electrons. The van der Waals surface area contributed by atoms with Crippen LogP contribution in [0.15, 0.2) is 28.7 Å². The van der Waals surface area contributed by atoms with Gasteiger partial charge in [-0.15, -0.1) is 0 Å². The minimum atomic E-state index is -3.16. The highest BCUT2D eigenvalue weighted by molar-refractivity contribution is 9.10. The summed E-state index contributed by atoms with van der Waals surface area (Å²) in [4.78, 5) is 0. The van der Waals surface area contributed by atoms with Gasteiger partial charge in [0.25, 0.3) is 0 Å². The average molecular weight is 290 g/mol. The number of nitrogens with one attached hydrogen (secondary N) is 1. The molecule has 0 unspecified atom stereocenters. The van der Waals surface area contributed by atoms with E-state index in [4.69, 9.17) is 0 Å². The predicted octanol–water partition coefficient (Wildman–Crippen LogP) is 2.60. The molecule has 1 aromatic carbocycles. The fraction of sp³-hybridized carbons (Fsp3) is 0.400. The Labute approximate surface area is 98.1 Å². The van der Waals surface area contributed by atoms with E-state index in [0.717, 1.165) is 17.3 Å². The number of rotatable bonds is 4. The van der Waals surface area contributed by atoms with Gasteiger partial charge in [-0.1, -0.05) is 22.0 Å². The van der Waals surface area contributed by atoms with Crippen molar-refractivity contribution in [2.45, 2.75) is 12.8 Å². The fourth-order valence-electron chi connectivity index (χ4n) is 1.37. The Balaban J connectivity index is 2.06. The summed E-state index contributed by atoms with van der Waals surface area (Å²) in [6.45, 7) is 0. The van der Waals surface area contributed by atoms with Crippen LogP contribution in [0.3, 0.4) is 0 Å². The highest BCUT2D eigenvalue weighted by Crippen LogP contribution is 2.30. The summed E-state index contributed by atoms with van der Waals surface area (Å²) in [5.74, 6) is 0.620. The van der Waals surface area contributed by atoms with Crippen LogP contribution in [-0.2, 0) is 10.0 Å². The van der Waals surface area contributed by atoms with Crippen LogP contribution in [0, 0.1) is 5.92 Å². The summed E-state index contributed by atoms with van der Waals surface area (Å²) in [5, 5.41) is 0. The van der Waals surface area contributed by atoms with Crippen molar-refractivity contribution in [3.05, 3.63) is 28.7 Å². The summed E-state index contributed by atoms with van der Waals surface area (Å²) < 4.78 is 26.7. The van der Waals surface area contributed by atoms with E-state index in [-0.39, 0.29) is 5.75 Å². The fourth-order valence-corrected chi connectivity index (χ4v) is 3.29. The smallest absolute Gasteiger partial charge is 0.232 e. The maximum atomic E-state index is 11.6. The summed E-state index contributed by atoms with van der Waals surface area (Å²) in [6.07, 6.45) is 2.08. The van der Waals surface area contributed by atoms with E-state index < -0.39 is 10.0 Å². The first-order chi connectivity index (χ1) is 7.05. The Hall–Kier alpha value is -0.550. The van der Waals surface area contributed by atoms with Gasteiger partial charge in [0.1, 0.15) is 0 Å². The lowest BCUT2D eigenvalue weighted by molar-refractivity contribution is 0.597. The molecule has 0 amide bonds. The van der Waals surface area contributed by atoms with Crippen LogP contribution in [0.5, 0.6) is 0 Å². The Morgan fingerprint density at radius 2 is 2.13 bits per heavy atom. The molecular formula is C10H12BrNO2S. The molecule has 5 heteroatoms. The predicted molar refractivity (Wildman–Crippen MR) is 64.3 cm³/mol. The second-order valence-electron chi connectivity index (χ2n) is 3.84. The van der Waals surface area contributed by atoms with E-state index in [1.54, 1.807) is 18.2 Å². The third kappa shape index (κ3) is 3.50. The second-order valence-corrected chi connectivity index (χ2v) is 6.52. The first-order valence-corrected chi connectivity index (χ1v) is 7.26. The largest absolute Gasteiger partial charge is 0.284 e. The normalized spacial score (nSPS) is 16.3. The van der Waals surface area contributed by atoms with Crippen LogP contribution in [-0.4, -0.2) is 14.2 Å². The maximum Gasteiger partial charge on any atom is 0.232 e. The third-order valence-electron chi connectivity index (χ3n) is 2.25. The van der Waals surface area contributed by atoms with Gasteiger partial charge in [0, 0.05) is 10.2 Å². The number of hydrogen-bond donors (Lipinski definition) is 1. The Morgan fingerprint density at radius 1 is 1.40 bits per heavy atom. The van der Waals surface area contributed by atoms with E-state index in [1.165, 1.54) is 0 Å². The lowest BCUT2D eigenvalue weighted by Gasteiger charge is -2.07. The number of halogens is 1. The Morgan fingerprint density at radius 3 is 2.73 bits per heavy atom. The van der Waals surface area contributed by atoms with Crippen molar-refractivity contribution in [3.8, 4) is 0 Å². The summed E-state index contributed by atoms with van der Waals surface area (Å²) >= 11 is 3.30. The Kier molecular flexibility index (Phi) is 3.02. The first-order valence-electron chi connectivity index (χ1n) is 4.81. The molecule has 1 aromatic rings. The van der Waals surface area contributed by atoms with Gasteiger partial charge in [-0.2, -0.15) is 0 Å². The molecule has 15 heavy (non-hydrogen) atoms. The standard InChI is InChI=1S/C10H12BrNO2S/c11-9-2-1-3-10(6-9)12-15(13,14)7-8-4-5-8/h1-3,6,8,12H,4-5,7H2. The molecule has 1 N–H and O–H groups in total. The molecule has 3 nitrogen and oxygen atoms in total. The van der Waals surface area contributed by atoms with Gasteiger partial charge >= 0.3 is 0 Å². The van der Waals surface area contributed by atoms with Crippen molar-refractivity contribution in [3.63, 3.8) is 0 Å². The van der Waals surface area contributed by atoms with Crippen molar-refractivity contribution in [1.29, 1.82) is 0 Å². The van der Waals surface area contributed by atoms with Crippen LogP contribution in [0.25, 0.3) is 0 Å². The topological polar surface area (TPSA) is 46.2 Å². The summed E-state index contributed by atoms with van der Waals surface area (Å²) in [6, 6.07) is 7.16. The monoisotopic (exact) mass is 289 g/mol. The molecular weight excluding hydrogens is 278 g/mol. The minimum absolute atomic E-state index is 0.250. The Bertz CT molecular complexity index is 454. The van der Waals surface area contributed by atoms with Crippen LogP contribution < -0.4 is 4.72 Å². The van der Waals surface area contributed by atoms with Crippen molar-refractivity contribution in [2.75, 3.05) is 10.5 Å². The number of sulfonamides is 1. The van der Waals surface area contributed by atoms with Gasteiger partial charge in [0.2, 0.25) is 10.0 Å². The third-order valence-corrected chi connectivity index (χ3v) is 4.20. The highest BCUT2D eigenvalue weighted by Gasteiger charge is 2.27. The molecule has 1 fully saturated rings. The lowest BCUT2D eigenvalue weighted by Crippen LogP contribution is -2.17. The molecule has 1 aliphatic carbocycles. The summed E-state index contributed by atoms with van der Waals surface area (Å²) in [7, 11) is -3.16. The SMILES string of the molecule is O=S(=O)(CC1CC1)Nc1cccc(Br)c1. The zero-order valence-electron chi connectivity index (χ0n) is 8.11. The van der Waals surface area contributed by atoms with Gasteiger partial charge in [0.05, 0.1) is 5.75 Å². The van der Waals surface area contributed by atoms with Crippen LogP contribution in [0.4, 0.5) is 5.69 Å². The minimum Gasteiger partial charge on any atom is -0.284 e. The molecule has 0 heterocycles. The molecule has 82 valence electrons. The average Bonchev–Trinajstić information content (AvgIpc) is 2.86. The van der Waals surface area contributed by atoms with E-state index in [1.807, 2.05) is 6.07 Å². The number of hydrogen-bond acceptors (Lipinski definition) is 2. The van der Waals surface area contributed by atoms with Crippen molar-refractivity contribution in [2.24, 2.45) is 5.92 Å². The van der Waals surface area contributed by atoms with E-state index in [2.05, 4.69) is 20.7 Å². The van der Waals surface area contributed by atoms with Gasteiger partial charge < -0.3 is 0 Å². The zero-order chi connectivity index (χ0) is 10.9. The lowest BCUT2D eigenvalue weighted by atomic mass is 10.3. The van der Waals surface area contributed by atoms with Gasteiger partial charge in [-0.3, -0.25) is 4.72 Å². The van der Waals surface area contributed by atoms with Crippen molar-refractivity contribution < 1.29 is 8.42 Å². The van der Waals surface area contributed by atoms with Crippen LogP contribution >= 0.6 is 15.9 Å². The zero-order valence-corrected chi connectivity index (χ0v) is 10.5. The number of anilines is 1. The molecule has 0 spiro atoms. The molecule has 2 rings (SSSR count). The number of benzene rings is 1.